The molecule has 9 heteroatoms. The number of carbonyl (C=O) groups is 3. The van der Waals surface area contributed by atoms with Gasteiger partial charge in [-0.2, -0.15) is 0 Å². The second kappa shape index (κ2) is 9.05. The van der Waals surface area contributed by atoms with Gasteiger partial charge in [0.1, 0.15) is 17.5 Å². The minimum absolute atomic E-state index is 0.109. The molecule has 0 saturated carbocycles. The second-order valence-electron chi connectivity index (χ2n) is 7.32. The highest BCUT2D eigenvalue weighted by atomic mass is 35.5. The lowest BCUT2D eigenvalue weighted by Gasteiger charge is -2.16. The van der Waals surface area contributed by atoms with Crippen molar-refractivity contribution in [2.45, 2.75) is 20.5 Å². The number of aryl methyl sites for hydroxylation is 1. The van der Waals surface area contributed by atoms with Crippen molar-refractivity contribution < 1.29 is 19.1 Å². The van der Waals surface area contributed by atoms with Crippen molar-refractivity contribution in [3.05, 3.63) is 69.1 Å². The van der Waals surface area contributed by atoms with Crippen LogP contribution in [0.3, 0.4) is 0 Å². The fourth-order valence-corrected chi connectivity index (χ4v) is 5.27. The van der Waals surface area contributed by atoms with Crippen LogP contribution in [0.15, 0.2) is 47.4 Å². The van der Waals surface area contributed by atoms with Gasteiger partial charge in [0.15, 0.2) is 0 Å². The molecule has 0 aromatic heterocycles. The van der Waals surface area contributed by atoms with Crippen LogP contribution in [-0.4, -0.2) is 40.1 Å². The molecule has 2 aliphatic heterocycles. The standard InChI is InChI=1S/C23H19ClN2O4S2/c1-3-25-22(29)20(32-23(25)31)19-16-10-15(24)7-8-17(16)26(21(19)28)11-18(27)30-12-14-6-4-5-13(2)9-14/h4-10H,3,11-12H2,1-2H3/b20-19-. The summed E-state index contributed by atoms with van der Waals surface area (Å²) < 4.78 is 5.79. The molecule has 164 valence electrons. The molecule has 6 nitrogen and oxygen atoms in total. The number of benzene rings is 2. The highest BCUT2D eigenvalue weighted by molar-refractivity contribution is 8.26. The Hall–Kier alpha value is -2.68. The molecule has 2 aliphatic rings. The van der Waals surface area contributed by atoms with E-state index in [-0.39, 0.29) is 29.5 Å². The zero-order valence-corrected chi connectivity index (χ0v) is 19.8. The molecule has 0 spiro atoms. The second-order valence-corrected chi connectivity index (χ2v) is 9.40. The lowest BCUT2D eigenvalue weighted by Crippen LogP contribution is -2.33. The van der Waals surface area contributed by atoms with E-state index in [1.54, 1.807) is 18.2 Å². The molecule has 0 N–H and O–H groups in total. The van der Waals surface area contributed by atoms with Crippen molar-refractivity contribution in [1.29, 1.82) is 0 Å². The molecule has 0 atom stereocenters. The largest absolute Gasteiger partial charge is 0.459 e. The summed E-state index contributed by atoms with van der Waals surface area (Å²) in [4.78, 5) is 41.8. The number of thiocarbonyl (C=S) groups is 1. The van der Waals surface area contributed by atoms with E-state index in [1.807, 2.05) is 38.1 Å². The van der Waals surface area contributed by atoms with E-state index in [9.17, 15) is 14.4 Å². The summed E-state index contributed by atoms with van der Waals surface area (Å²) in [6, 6.07) is 12.6. The summed E-state index contributed by atoms with van der Waals surface area (Å²) in [5.74, 6) is -1.32. The average Bonchev–Trinajstić information content (AvgIpc) is 3.18. The zero-order chi connectivity index (χ0) is 23.0. The topological polar surface area (TPSA) is 66.9 Å². The summed E-state index contributed by atoms with van der Waals surface area (Å²) in [7, 11) is 0. The van der Waals surface area contributed by atoms with Gasteiger partial charge in [0.25, 0.3) is 11.8 Å². The number of thioether (sulfide) groups is 1. The van der Waals surface area contributed by atoms with Crippen molar-refractivity contribution in [1.82, 2.24) is 4.90 Å². The smallest absolute Gasteiger partial charge is 0.326 e. The Balaban J connectivity index is 1.61. The Morgan fingerprint density at radius 1 is 1.12 bits per heavy atom. The number of hydrogen-bond acceptors (Lipinski definition) is 6. The molecule has 2 aromatic rings. The van der Waals surface area contributed by atoms with Crippen LogP contribution in [0.4, 0.5) is 5.69 Å². The van der Waals surface area contributed by atoms with Gasteiger partial charge in [-0.05, 0) is 37.6 Å². The Morgan fingerprint density at radius 3 is 2.59 bits per heavy atom. The quantitative estimate of drug-likeness (QED) is 0.356. The first-order chi connectivity index (χ1) is 15.3. The van der Waals surface area contributed by atoms with Gasteiger partial charge in [-0.1, -0.05) is 65.4 Å². The van der Waals surface area contributed by atoms with Gasteiger partial charge in [-0.3, -0.25) is 24.2 Å². The summed E-state index contributed by atoms with van der Waals surface area (Å²) in [5.41, 5.74) is 3.15. The van der Waals surface area contributed by atoms with Crippen LogP contribution in [0, 0.1) is 6.92 Å². The number of amides is 2. The highest BCUT2D eigenvalue weighted by Crippen LogP contribution is 2.45. The summed E-state index contributed by atoms with van der Waals surface area (Å²) in [5, 5.41) is 0.420. The Bertz CT molecular complexity index is 1190. The molecule has 0 bridgehead atoms. The van der Waals surface area contributed by atoms with E-state index in [0.717, 1.165) is 22.9 Å². The number of rotatable bonds is 5. The maximum Gasteiger partial charge on any atom is 0.326 e. The van der Waals surface area contributed by atoms with Gasteiger partial charge < -0.3 is 4.74 Å². The number of ether oxygens (including phenoxy) is 1. The number of halogens is 1. The third-order valence-corrected chi connectivity index (χ3v) is 6.82. The van der Waals surface area contributed by atoms with Gasteiger partial charge in [0.2, 0.25) is 0 Å². The van der Waals surface area contributed by atoms with Crippen LogP contribution >= 0.6 is 35.6 Å². The van der Waals surface area contributed by atoms with E-state index in [1.165, 1.54) is 9.80 Å². The minimum atomic E-state index is -0.553. The molecule has 4 rings (SSSR count). The van der Waals surface area contributed by atoms with Crippen molar-refractivity contribution in [2.24, 2.45) is 0 Å². The predicted molar refractivity (Wildman–Crippen MR) is 129 cm³/mol. The van der Waals surface area contributed by atoms with Crippen molar-refractivity contribution in [2.75, 3.05) is 18.0 Å². The maximum atomic E-state index is 13.4. The number of esters is 1. The highest BCUT2D eigenvalue weighted by Gasteiger charge is 2.42. The first-order valence-corrected chi connectivity index (χ1v) is 11.5. The van der Waals surface area contributed by atoms with Gasteiger partial charge in [0, 0.05) is 17.1 Å². The first kappa shape index (κ1) is 22.5. The van der Waals surface area contributed by atoms with Crippen LogP contribution in [-0.2, 0) is 25.7 Å². The number of fused-ring (bicyclic) bond motifs is 1. The lowest BCUT2D eigenvalue weighted by molar-refractivity contribution is -0.143. The van der Waals surface area contributed by atoms with Crippen LogP contribution in [0.2, 0.25) is 5.02 Å². The van der Waals surface area contributed by atoms with Gasteiger partial charge >= 0.3 is 5.97 Å². The Labute approximate surface area is 200 Å². The number of likely N-dealkylation sites (N-methyl/N-ethyl adjacent to an activating group) is 1. The van der Waals surface area contributed by atoms with Crippen LogP contribution in [0.1, 0.15) is 23.6 Å². The predicted octanol–water partition coefficient (Wildman–Crippen LogP) is 4.33. The fourth-order valence-electron chi connectivity index (χ4n) is 3.64. The molecule has 0 unspecified atom stereocenters. The number of carbonyl (C=O) groups excluding carboxylic acids is 3. The molecule has 0 aliphatic carbocycles. The van der Waals surface area contributed by atoms with Gasteiger partial charge in [-0.25, -0.2) is 0 Å². The summed E-state index contributed by atoms with van der Waals surface area (Å²) in [6.07, 6.45) is 0. The lowest BCUT2D eigenvalue weighted by atomic mass is 10.1. The van der Waals surface area contributed by atoms with Crippen LogP contribution in [0.5, 0.6) is 0 Å². The molecule has 2 heterocycles. The van der Waals surface area contributed by atoms with Crippen molar-refractivity contribution >= 4 is 68.9 Å². The van der Waals surface area contributed by atoms with Gasteiger partial charge in [0.05, 0.1) is 16.2 Å². The van der Waals surface area contributed by atoms with Crippen molar-refractivity contribution in [3.63, 3.8) is 0 Å². The maximum absolute atomic E-state index is 13.4. The Morgan fingerprint density at radius 2 is 1.91 bits per heavy atom. The monoisotopic (exact) mass is 486 g/mol. The van der Waals surface area contributed by atoms with Gasteiger partial charge in [-0.15, -0.1) is 0 Å². The van der Waals surface area contributed by atoms with E-state index in [2.05, 4.69) is 0 Å². The zero-order valence-electron chi connectivity index (χ0n) is 17.4. The molecule has 1 saturated heterocycles. The van der Waals surface area contributed by atoms with E-state index < -0.39 is 11.9 Å². The molecule has 1 fully saturated rings. The summed E-state index contributed by atoms with van der Waals surface area (Å²) >= 11 is 12.6. The molecule has 0 radical (unpaired) electrons. The number of anilines is 1. The molecule has 2 aromatic carbocycles. The fraction of sp³-hybridized carbons (Fsp3) is 0.217. The van der Waals surface area contributed by atoms with E-state index in [0.29, 0.717) is 27.1 Å². The summed E-state index contributed by atoms with van der Waals surface area (Å²) in [6.45, 7) is 4.01. The van der Waals surface area contributed by atoms with E-state index >= 15 is 0 Å². The van der Waals surface area contributed by atoms with Crippen LogP contribution in [0.25, 0.3) is 5.57 Å². The molecular formula is C23H19ClN2O4S2. The van der Waals surface area contributed by atoms with Crippen LogP contribution < -0.4 is 4.90 Å². The SMILES string of the molecule is CCN1C(=O)/C(=C2/C(=O)N(CC(=O)OCc3cccc(C)c3)c3ccc(Cl)cc32)SC1=S. The van der Waals surface area contributed by atoms with E-state index in [4.69, 9.17) is 28.6 Å². The third-order valence-electron chi connectivity index (χ3n) is 5.14. The molecule has 32 heavy (non-hydrogen) atoms. The first-order valence-electron chi connectivity index (χ1n) is 9.91. The van der Waals surface area contributed by atoms with Crippen molar-refractivity contribution in [3.8, 4) is 0 Å². The number of nitrogens with zero attached hydrogens (tertiary/aromatic N) is 2. The minimum Gasteiger partial charge on any atom is -0.459 e. The molecule has 2 amide bonds. The number of hydrogen-bond donors (Lipinski definition) is 0. The third kappa shape index (κ3) is 4.18. The molecular weight excluding hydrogens is 468 g/mol. The Kier molecular flexibility index (Phi) is 6.37. The normalized spacial score (nSPS) is 17.9. The average molecular weight is 487 g/mol.